The Morgan fingerprint density at radius 1 is 1.47 bits per heavy atom. The van der Waals surface area contributed by atoms with Crippen LogP contribution in [0.3, 0.4) is 0 Å². The van der Waals surface area contributed by atoms with Gasteiger partial charge in [0.1, 0.15) is 0 Å². The third-order valence-corrected chi connectivity index (χ3v) is 4.42. The first-order chi connectivity index (χ1) is 8.16. The van der Waals surface area contributed by atoms with Crippen LogP contribution in [0, 0.1) is 0 Å². The molecule has 17 heavy (non-hydrogen) atoms. The Kier molecular flexibility index (Phi) is 4.28. The molecule has 6 heteroatoms. The van der Waals surface area contributed by atoms with Crippen LogP contribution in [0.5, 0.6) is 0 Å². The SMILES string of the molecule is O=C(O)CC1CN(C(=O)C2CCCS2)CCO1. The van der Waals surface area contributed by atoms with Crippen molar-refractivity contribution < 1.29 is 19.4 Å². The Morgan fingerprint density at radius 2 is 2.29 bits per heavy atom. The van der Waals surface area contributed by atoms with Gasteiger partial charge in [0, 0.05) is 13.1 Å². The largest absolute Gasteiger partial charge is 0.481 e. The predicted octanol–water partition coefficient (Wildman–Crippen LogP) is 0.584. The summed E-state index contributed by atoms with van der Waals surface area (Å²) in [7, 11) is 0. The van der Waals surface area contributed by atoms with E-state index in [2.05, 4.69) is 0 Å². The molecule has 2 rings (SSSR count). The molecular weight excluding hydrogens is 242 g/mol. The van der Waals surface area contributed by atoms with Gasteiger partial charge in [0.15, 0.2) is 0 Å². The first kappa shape index (κ1) is 12.7. The number of ether oxygens (including phenoxy) is 1. The standard InChI is InChI=1S/C11H17NO4S/c13-10(14)6-8-7-12(3-4-16-8)11(15)9-2-1-5-17-9/h8-9H,1-7H2,(H,13,14). The Hall–Kier alpha value is -0.750. The zero-order valence-electron chi connectivity index (χ0n) is 9.63. The molecule has 0 aromatic heterocycles. The van der Waals surface area contributed by atoms with E-state index < -0.39 is 5.97 Å². The normalized spacial score (nSPS) is 29.3. The molecule has 1 amide bonds. The van der Waals surface area contributed by atoms with Gasteiger partial charge in [0.2, 0.25) is 5.91 Å². The van der Waals surface area contributed by atoms with Crippen LogP contribution in [0.25, 0.3) is 0 Å². The first-order valence-electron chi connectivity index (χ1n) is 5.90. The number of carbonyl (C=O) groups excluding carboxylic acids is 1. The first-order valence-corrected chi connectivity index (χ1v) is 6.95. The molecule has 0 spiro atoms. The molecule has 2 saturated heterocycles. The number of hydrogen-bond acceptors (Lipinski definition) is 4. The summed E-state index contributed by atoms with van der Waals surface area (Å²) in [5.74, 6) is 0.338. The van der Waals surface area contributed by atoms with Gasteiger partial charge in [-0.1, -0.05) is 0 Å². The van der Waals surface area contributed by atoms with Crippen molar-refractivity contribution in [2.24, 2.45) is 0 Å². The summed E-state index contributed by atoms with van der Waals surface area (Å²) in [5, 5.41) is 8.80. The number of carbonyl (C=O) groups is 2. The van der Waals surface area contributed by atoms with Gasteiger partial charge in [0.25, 0.3) is 0 Å². The van der Waals surface area contributed by atoms with Crippen molar-refractivity contribution in [3.8, 4) is 0 Å². The molecule has 2 atom stereocenters. The molecule has 96 valence electrons. The number of nitrogens with zero attached hydrogens (tertiary/aromatic N) is 1. The molecule has 2 heterocycles. The lowest BCUT2D eigenvalue weighted by atomic mass is 10.1. The number of hydrogen-bond donors (Lipinski definition) is 1. The lowest BCUT2D eigenvalue weighted by Crippen LogP contribution is -2.48. The number of carboxylic acids is 1. The number of amides is 1. The molecule has 2 aliphatic heterocycles. The lowest BCUT2D eigenvalue weighted by molar-refractivity contribution is -0.147. The van der Waals surface area contributed by atoms with Crippen LogP contribution >= 0.6 is 11.8 Å². The van der Waals surface area contributed by atoms with E-state index in [1.54, 1.807) is 16.7 Å². The minimum atomic E-state index is -0.875. The average molecular weight is 259 g/mol. The zero-order chi connectivity index (χ0) is 12.3. The summed E-state index contributed by atoms with van der Waals surface area (Å²) in [6.07, 6.45) is 1.67. The van der Waals surface area contributed by atoms with E-state index in [0.29, 0.717) is 19.7 Å². The Balaban J connectivity index is 1.87. The van der Waals surface area contributed by atoms with Crippen LogP contribution in [0.1, 0.15) is 19.3 Å². The number of thioether (sulfide) groups is 1. The second-order valence-electron chi connectivity index (χ2n) is 4.38. The maximum atomic E-state index is 12.1. The smallest absolute Gasteiger partial charge is 0.306 e. The highest BCUT2D eigenvalue weighted by Gasteiger charge is 2.32. The topological polar surface area (TPSA) is 66.8 Å². The molecular formula is C11H17NO4S. The van der Waals surface area contributed by atoms with Gasteiger partial charge in [0.05, 0.1) is 24.4 Å². The maximum absolute atomic E-state index is 12.1. The van der Waals surface area contributed by atoms with Crippen molar-refractivity contribution in [3.05, 3.63) is 0 Å². The van der Waals surface area contributed by atoms with Gasteiger partial charge in [-0.25, -0.2) is 0 Å². The van der Waals surface area contributed by atoms with Gasteiger partial charge < -0.3 is 14.7 Å². The fourth-order valence-electron chi connectivity index (χ4n) is 2.21. The Morgan fingerprint density at radius 3 is 2.94 bits per heavy atom. The van der Waals surface area contributed by atoms with E-state index >= 15 is 0 Å². The lowest BCUT2D eigenvalue weighted by Gasteiger charge is -2.33. The summed E-state index contributed by atoms with van der Waals surface area (Å²) >= 11 is 1.71. The van der Waals surface area contributed by atoms with Crippen molar-refractivity contribution in [2.75, 3.05) is 25.4 Å². The van der Waals surface area contributed by atoms with Crippen LogP contribution in [-0.2, 0) is 14.3 Å². The van der Waals surface area contributed by atoms with Crippen molar-refractivity contribution in [2.45, 2.75) is 30.6 Å². The van der Waals surface area contributed by atoms with Crippen molar-refractivity contribution >= 4 is 23.6 Å². The molecule has 2 aliphatic rings. The van der Waals surface area contributed by atoms with E-state index in [4.69, 9.17) is 9.84 Å². The van der Waals surface area contributed by atoms with Crippen LogP contribution in [-0.4, -0.2) is 58.7 Å². The van der Waals surface area contributed by atoms with Gasteiger partial charge in [-0.05, 0) is 18.6 Å². The second kappa shape index (κ2) is 5.73. The highest BCUT2D eigenvalue weighted by atomic mass is 32.2. The van der Waals surface area contributed by atoms with E-state index in [-0.39, 0.29) is 23.7 Å². The molecule has 2 fully saturated rings. The van der Waals surface area contributed by atoms with E-state index in [0.717, 1.165) is 18.6 Å². The molecule has 5 nitrogen and oxygen atoms in total. The average Bonchev–Trinajstić information content (AvgIpc) is 2.81. The Bertz CT molecular complexity index is 304. The summed E-state index contributed by atoms with van der Waals surface area (Å²) in [6.45, 7) is 1.45. The Labute approximate surface area is 104 Å². The third-order valence-electron chi connectivity index (χ3n) is 3.06. The predicted molar refractivity (Wildman–Crippen MR) is 64.1 cm³/mol. The second-order valence-corrected chi connectivity index (χ2v) is 5.69. The summed E-state index contributed by atoms with van der Waals surface area (Å²) < 4.78 is 5.35. The van der Waals surface area contributed by atoms with Crippen LogP contribution < -0.4 is 0 Å². The van der Waals surface area contributed by atoms with Crippen LogP contribution in [0.15, 0.2) is 0 Å². The number of morpholine rings is 1. The molecule has 0 aromatic carbocycles. The number of aliphatic carboxylic acids is 1. The molecule has 0 radical (unpaired) electrons. The molecule has 2 unspecified atom stereocenters. The summed E-state index contributed by atoms with van der Waals surface area (Å²) in [4.78, 5) is 24.5. The van der Waals surface area contributed by atoms with E-state index in [1.807, 2.05) is 0 Å². The minimum Gasteiger partial charge on any atom is -0.481 e. The fraction of sp³-hybridized carbons (Fsp3) is 0.818. The highest BCUT2D eigenvalue weighted by molar-refractivity contribution is 8.00. The molecule has 1 N–H and O–H groups in total. The van der Waals surface area contributed by atoms with Gasteiger partial charge in [-0.15, -0.1) is 11.8 Å². The maximum Gasteiger partial charge on any atom is 0.306 e. The van der Waals surface area contributed by atoms with Crippen molar-refractivity contribution in [1.29, 1.82) is 0 Å². The monoisotopic (exact) mass is 259 g/mol. The quantitative estimate of drug-likeness (QED) is 0.803. The molecule has 0 aliphatic carbocycles. The van der Waals surface area contributed by atoms with Crippen LogP contribution in [0.4, 0.5) is 0 Å². The van der Waals surface area contributed by atoms with Crippen molar-refractivity contribution in [1.82, 2.24) is 4.90 Å². The molecule has 0 bridgehead atoms. The zero-order valence-corrected chi connectivity index (χ0v) is 10.4. The molecule has 0 saturated carbocycles. The highest BCUT2D eigenvalue weighted by Crippen LogP contribution is 2.28. The summed E-state index contributed by atoms with van der Waals surface area (Å²) in [5.41, 5.74) is 0. The minimum absolute atomic E-state index is 0.0262. The number of rotatable bonds is 3. The van der Waals surface area contributed by atoms with Crippen molar-refractivity contribution in [3.63, 3.8) is 0 Å². The third kappa shape index (κ3) is 3.35. The van der Waals surface area contributed by atoms with E-state index in [9.17, 15) is 9.59 Å². The van der Waals surface area contributed by atoms with Gasteiger partial charge >= 0.3 is 5.97 Å². The summed E-state index contributed by atoms with van der Waals surface area (Å²) in [6, 6.07) is 0. The number of carboxylic acid groups (broad SMARTS) is 1. The van der Waals surface area contributed by atoms with Gasteiger partial charge in [-0.3, -0.25) is 9.59 Å². The van der Waals surface area contributed by atoms with Crippen LogP contribution in [0.2, 0.25) is 0 Å². The fourth-order valence-corrected chi connectivity index (χ4v) is 3.46. The molecule has 0 aromatic rings. The van der Waals surface area contributed by atoms with E-state index in [1.165, 1.54) is 0 Å². The van der Waals surface area contributed by atoms with Gasteiger partial charge in [-0.2, -0.15) is 0 Å².